The number of piperidine rings is 1. The highest BCUT2D eigenvalue weighted by Gasteiger charge is 2.22. The average molecular weight is 369 g/mol. The quantitative estimate of drug-likeness (QED) is 0.716. The van der Waals surface area contributed by atoms with Crippen LogP contribution in [0.2, 0.25) is 0 Å². The van der Waals surface area contributed by atoms with Gasteiger partial charge in [-0.25, -0.2) is 9.97 Å². The van der Waals surface area contributed by atoms with Gasteiger partial charge in [0.25, 0.3) is 0 Å². The fraction of sp³-hybridized carbons (Fsp3) is 0.524. The van der Waals surface area contributed by atoms with E-state index in [9.17, 15) is 0 Å². The highest BCUT2D eigenvalue weighted by Crippen LogP contribution is 2.36. The Hall–Kier alpha value is -2.34. The minimum atomic E-state index is 0.623. The van der Waals surface area contributed by atoms with Crippen LogP contribution in [0.5, 0.6) is 11.5 Å². The Morgan fingerprint density at radius 1 is 1.15 bits per heavy atom. The maximum atomic E-state index is 6.03. The van der Waals surface area contributed by atoms with E-state index in [4.69, 9.17) is 14.2 Å². The van der Waals surface area contributed by atoms with Crippen molar-refractivity contribution >= 4 is 16.7 Å². The lowest BCUT2D eigenvalue weighted by Crippen LogP contribution is -2.35. The van der Waals surface area contributed by atoms with Crippen LogP contribution in [-0.2, 0) is 4.74 Å². The van der Waals surface area contributed by atoms with Crippen LogP contribution >= 0.6 is 0 Å². The van der Waals surface area contributed by atoms with Crippen molar-refractivity contribution in [1.29, 1.82) is 0 Å². The van der Waals surface area contributed by atoms with Gasteiger partial charge >= 0.3 is 0 Å². The zero-order valence-electron chi connectivity index (χ0n) is 15.9. The zero-order valence-corrected chi connectivity index (χ0v) is 15.9. The van der Waals surface area contributed by atoms with Gasteiger partial charge in [0, 0.05) is 31.1 Å². The molecule has 4 bridgehead atoms. The number of aromatic nitrogens is 2. The second-order valence-electron chi connectivity index (χ2n) is 7.15. The molecule has 3 aliphatic heterocycles. The van der Waals surface area contributed by atoms with Crippen LogP contribution in [0.15, 0.2) is 30.6 Å². The molecule has 6 nitrogen and oxygen atoms in total. The second-order valence-corrected chi connectivity index (χ2v) is 7.15. The van der Waals surface area contributed by atoms with E-state index in [2.05, 4.69) is 27.0 Å². The van der Waals surface area contributed by atoms with Crippen molar-refractivity contribution in [3.63, 3.8) is 0 Å². The van der Waals surface area contributed by atoms with Crippen molar-refractivity contribution < 1.29 is 14.2 Å². The van der Waals surface area contributed by atoms with E-state index in [1.165, 1.54) is 0 Å². The summed E-state index contributed by atoms with van der Waals surface area (Å²) in [5.41, 5.74) is 0.885. The van der Waals surface area contributed by atoms with Gasteiger partial charge in [-0.3, -0.25) is 0 Å². The predicted octanol–water partition coefficient (Wildman–Crippen LogP) is 3.60. The van der Waals surface area contributed by atoms with Crippen molar-refractivity contribution in [3.05, 3.63) is 30.6 Å². The summed E-state index contributed by atoms with van der Waals surface area (Å²) in [5.74, 6) is 3.08. The van der Waals surface area contributed by atoms with E-state index >= 15 is 0 Å². The molecule has 4 heterocycles. The predicted molar refractivity (Wildman–Crippen MR) is 106 cm³/mol. The highest BCUT2D eigenvalue weighted by atomic mass is 16.5. The lowest BCUT2D eigenvalue weighted by atomic mass is 9.97. The zero-order chi connectivity index (χ0) is 18.5. The molecule has 1 saturated heterocycles. The van der Waals surface area contributed by atoms with Crippen LogP contribution in [0, 0.1) is 5.92 Å². The van der Waals surface area contributed by atoms with Gasteiger partial charge in [0.1, 0.15) is 12.1 Å². The molecule has 1 fully saturated rings. The number of benzene rings is 1. The summed E-state index contributed by atoms with van der Waals surface area (Å²) in [4.78, 5) is 11.4. The molecule has 0 N–H and O–H groups in total. The fourth-order valence-corrected chi connectivity index (χ4v) is 3.76. The molecule has 1 aromatic carbocycles. The van der Waals surface area contributed by atoms with E-state index in [0.717, 1.165) is 67.8 Å². The topological polar surface area (TPSA) is 56.7 Å². The number of nitrogens with zero attached hydrogens (tertiary/aromatic N) is 3. The molecule has 0 aliphatic carbocycles. The molecule has 1 aromatic heterocycles. The number of methoxy groups -OCH3 is 1. The number of fused-ring (bicyclic) bond motifs is 9. The maximum absolute atomic E-state index is 6.03. The second kappa shape index (κ2) is 8.57. The Morgan fingerprint density at radius 3 is 2.89 bits per heavy atom. The molecule has 27 heavy (non-hydrogen) atoms. The first-order valence-corrected chi connectivity index (χ1v) is 9.78. The van der Waals surface area contributed by atoms with Crippen LogP contribution in [0.3, 0.4) is 0 Å². The van der Waals surface area contributed by atoms with E-state index < -0.39 is 0 Å². The first kappa shape index (κ1) is 18.0. The van der Waals surface area contributed by atoms with Gasteiger partial charge in [-0.2, -0.15) is 0 Å². The Balaban J connectivity index is 1.68. The molecule has 6 heteroatoms. The molecule has 144 valence electrons. The molecule has 5 rings (SSSR count). The lowest BCUT2D eigenvalue weighted by molar-refractivity contribution is 0.111. The van der Waals surface area contributed by atoms with Crippen LogP contribution in [0.4, 0.5) is 5.82 Å². The normalized spacial score (nSPS) is 20.4. The highest BCUT2D eigenvalue weighted by molar-refractivity contribution is 5.92. The van der Waals surface area contributed by atoms with Crippen LogP contribution in [0.25, 0.3) is 10.9 Å². The Labute approximate surface area is 160 Å². The largest absolute Gasteiger partial charge is 0.493 e. The molecular formula is C21H27N3O3. The van der Waals surface area contributed by atoms with Gasteiger partial charge in [0.2, 0.25) is 0 Å². The first-order chi connectivity index (χ1) is 13.3. The third kappa shape index (κ3) is 4.16. The molecule has 2 aromatic rings. The number of anilines is 1. The van der Waals surface area contributed by atoms with E-state index in [0.29, 0.717) is 24.9 Å². The molecule has 0 saturated carbocycles. The molecule has 0 unspecified atom stereocenters. The SMILES string of the molecule is COc1cc2ncnc3c2cc1OCCC/C=C/COCC1CCN3CC1. The first-order valence-electron chi connectivity index (χ1n) is 9.78. The minimum Gasteiger partial charge on any atom is -0.493 e. The van der Waals surface area contributed by atoms with E-state index in [-0.39, 0.29) is 0 Å². The minimum absolute atomic E-state index is 0.623. The summed E-state index contributed by atoms with van der Waals surface area (Å²) < 4.78 is 17.4. The Kier molecular flexibility index (Phi) is 5.72. The molecule has 0 radical (unpaired) electrons. The van der Waals surface area contributed by atoms with Gasteiger partial charge < -0.3 is 19.1 Å². The van der Waals surface area contributed by atoms with E-state index in [1.54, 1.807) is 13.4 Å². The third-order valence-corrected chi connectivity index (χ3v) is 5.32. The summed E-state index contributed by atoms with van der Waals surface area (Å²) in [6.07, 6.45) is 10.1. The van der Waals surface area contributed by atoms with Crippen molar-refractivity contribution in [1.82, 2.24) is 9.97 Å². The number of hydrogen-bond acceptors (Lipinski definition) is 6. The molecular weight excluding hydrogens is 342 g/mol. The monoisotopic (exact) mass is 369 g/mol. The Morgan fingerprint density at radius 2 is 2.04 bits per heavy atom. The standard InChI is InChI=1S/C21H27N3O3/c1-25-19-13-18-17-12-20(19)27-11-5-3-2-4-10-26-14-16-6-8-24(9-7-16)21(17)23-15-22-18/h2,4,12-13,15-16H,3,5-11,14H2,1H3/b4-2+. The Bertz CT molecular complexity index is 801. The number of ether oxygens (including phenoxy) is 3. The smallest absolute Gasteiger partial charge is 0.162 e. The fourth-order valence-electron chi connectivity index (χ4n) is 3.76. The number of allylic oxidation sites excluding steroid dienone is 1. The molecule has 0 spiro atoms. The number of hydrogen-bond donors (Lipinski definition) is 0. The summed E-state index contributed by atoms with van der Waals surface area (Å²) in [7, 11) is 1.67. The summed E-state index contributed by atoms with van der Waals surface area (Å²) in [6.45, 7) is 4.15. The third-order valence-electron chi connectivity index (χ3n) is 5.32. The van der Waals surface area contributed by atoms with Gasteiger partial charge in [-0.15, -0.1) is 0 Å². The van der Waals surface area contributed by atoms with Crippen LogP contribution < -0.4 is 14.4 Å². The molecule has 0 atom stereocenters. The lowest BCUT2D eigenvalue weighted by Gasteiger charge is -2.33. The average Bonchev–Trinajstić information content (AvgIpc) is 2.72. The van der Waals surface area contributed by atoms with Crippen LogP contribution in [-0.4, -0.2) is 50.0 Å². The van der Waals surface area contributed by atoms with Gasteiger partial charge in [-0.1, -0.05) is 12.2 Å². The summed E-state index contributed by atoms with van der Waals surface area (Å²) in [5, 5.41) is 1.02. The van der Waals surface area contributed by atoms with Gasteiger partial charge in [-0.05, 0) is 37.7 Å². The van der Waals surface area contributed by atoms with Crippen molar-refractivity contribution in [2.24, 2.45) is 5.92 Å². The van der Waals surface area contributed by atoms with Crippen LogP contribution in [0.1, 0.15) is 25.7 Å². The van der Waals surface area contributed by atoms with Crippen molar-refractivity contribution in [2.75, 3.05) is 44.9 Å². The summed E-state index contributed by atoms with van der Waals surface area (Å²) in [6, 6.07) is 3.98. The number of rotatable bonds is 1. The van der Waals surface area contributed by atoms with Gasteiger partial charge in [0.15, 0.2) is 11.5 Å². The van der Waals surface area contributed by atoms with Gasteiger partial charge in [0.05, 0.1) is 25.8 Å². The summed E-state index contributed by atoms with van der Waals surface area (Å²) >= 11 is 0. The van der Waals surface area contributed by atoms with Crippen molar-refractivity contribution in [2.45, 2.75) is 25.7 Å². The maximum Gasteiger partial charge on any atom is 0.162 e. The van der Waals surface area contributed by atoms with E-state index in [1.807, 2.05) is 12.1 Å². The molecule has 3 aliphatic rings. The van der Waals surface area contributed by atoms with Crippen molar-refractivity contribution in [3.8, 4) is 11.5 Å². The molecule has 0 amide bonds.